The highest BCUT2D eigenvalue weighted by Crippen LogP contribution is 2.49. The van der Waals surface area contributed by atoms with Crippen LogP contribution in [0.25, 0.3) is 0 Å². The van der Waals surface area contributed by atoms with E-state index in [2.05, 4.69) is 30.8 Å². The number of thiazole rings is 1. The van der Waals surface area contributed by atoms with Crippen molar-refractivity contribution in [3.05, 3.63) is 16.6 Å². The van der Waals surface area contributed by atoms with E-state index < -0.39 is 11.9 Å². The van der Waals surface area contributed by atoms with Gasteiger partial charge in [-0.05, 0) is 44.8 Å². The van der Waals surface area contributed by atoms with Gasteiger partial charge in [-0.15, -0.1) is 11.3 Å². The monoisotopic (exact) mass is 407 g/mol. The number of carboxylic acids is 1. The minimum Gasteiger partial charge on any atom is -0.481 e. The molecule has 3 fully saturated rings. The number of aromatic nitrogens is 1. The topological polar surface area (TPSA) is 90.8 Å². The lowest BCUT2D eigenvalue weighted by Gasteiger charge is -2.39. The van der Waals surface area contributed by atoms with Gasteiger partial charge in [0.15, 0.2) is 0 Å². The molecular formula is C20H29N3O4S. The Hall–Kier alpha value is -1.80. The van der Waals surface area contributed by atoms with Crippen LogP contribution in [0.15, 0.2) is 11.7 Å². The number of carbonyl (C=O) groups excluding carboxylic acids is 2. The summed E-state index contributed by atoms with van der Waals surface area (Å²) in [5.74, 6) is -0.950. The number of nitrogens with zero attached hydrogens (tertiary/aromatic N) is 3. The number of piperidine rings is 1. The maximum atomic E-state index is 12.5. The summed E-state index contributed by atoms with van der Waals surface area (Å²) in [4.78, 5) is 42.5. The second-order valence-electron chi connectivity index (χ2n) is 9.04. The van der Waals surface area contributed by atoms with Gasteiger partial charge in [-0.1, -0.05) is 13.8 Å². The summed E-state index contributed by atoms with van der Waals surface area (Å²) < 4.78 is 0. The number of aldehydes is 1. The summed E-state index contributed by atoms with van der Waals surface area (Å²) in [7, 11) is 2.05. The summed E-state index contributed by atoms with van der Waals surface area (Å²) in [6.45, 7) is 6.89. The van der Waals surface area contributed by atoms with E-state index in [-0.39, 0.29) is 11.3 Å². The third-order valence-corrected chi connectivity index (χ3v) is 7.37. The van der Waals surface area contributed by atoms with E-state index in [0.717, 1.165) is 38.6 Å². The number of hydrogen-bond donors (Lipinski definition) is 1. The van der Waals surface area contributed by atoms with E-state index >= 15 is 0 Å². The summed E-state index contributed by atoms with van der Waals surface area (Å²) >= 11 is 1.30. The Morgan fingerprint density at radius 2 is 1.96 bits per heavy atom. The second kappa shape index (κ2) is 7.91. The van der Waals surface area contributed by atoms with Gasteiger partial charge in [0.05, 0.1) is 17.6 Å². The molecule has 1 spiro atoms. The Labute approximate surface area is 169 Å². The van der Waals surface area contributed by atoms with Crippen LogP contribution in [-0.2, 0) is 9.59 Å². The molecule has 1 amide bonds. The van der Waals surface area contributed by atoms with Crippen molar-refractivity contribution in [3.8, 4) is 0 Å². The Kier molecular flexibility index (Phi) is 5.91. The highest BCUT2D eigenvalue weighted by Gasteiger charge is 2.52. The van der Waals surface area contributed by atoms with Gasteiger partial charge in [0.1, 0.15) is 11.2 Å². The van der Waals surface area contributed by atoms with Crippen molar-refractivity contribution in [2.24, 2.45) is 22.7 Å². The van der Waals surface area contributed by atoms with Crippen LogP contribution in [0, 0.1) is 22.7 Å². The summed E-state index contributed by atoms with van der Waals surface area (Å²) in [6, 6.07) is 0. The van der Waals surface area contributed by atoms with Gasteiger partial charge < -0.3 is 19.7 Å². The highest BCUT2D eigenvalue weighted by molar-refractivity contribution is 7.11. The van der Waals surface area contributed by atoms with Gasteiger partial charge in [-0.3, -0.25) is 14.6 Å². The molecule has 2 unspecified atom stereocenters. The van der Waals surface area contributed by atoms with Crippen molar-refractivity contribution in [2.75, 3.05) is 33.2 Å². The fraction of sp³-hybridized carbons (Fsp3) is 0.700. The Bertz CT molecular complexity index is 726. The second-order valence-corrected chi connectivity index (χ2v) is 9.93. The number of carboxylic acid groups (broad SMARTS) is 1. The molecule has 1 aliphatic carbocycles. The van der Waals surface area contributed by atoms with Gasteiger partial charge in [0, 0.05) is 24.4 Å². The molecule has 28 heavy (non-hydrogen) atoms. The minimum absolute atomic E-state index is 0.0837. The molecule has 1 aromatic rings. The van der Waals surface area contributed by atoms with Crippen LogP contribution in [0.5, 0.6) is 0 Å². The standard InChI is InChI=1S/C14H19N3O3S.C6H10O/c1-16-4-2-14(3-5-16)8-17(7-10(14)13(19)20)12(18)11-6-15-9-21-11;1-6(2)3-5(6)4-7/h6,9-10H,2-5,7-8H2,1H3,(H,19,20);4-5H,3H2,1-2H3. The van der Waals surface area contributed by atoms with Gasteiger partial charge in [0.25, 0.3) is 5.91 Å². The number of carbonyl (C=O) groups is 3. The molecule has 7 nitrogen and oxygen atoms in total. The first-order valence-electron chi connectivity index (χ1n) is 9.73. The fourth-order valence-electron chi connectivity index (χ4n) is 4.25. The summed E-state index contributed by atoms with van der Waals surface area (Å²) in [5, 5.41) is 9.57. The normalized spacial score (nSPS) is 27.8. The van der Waals surface area contributed by atoms with Crippen molar-refractivity contribution in [2.45, 2.75) is 33.1 Å². The number of rotatable bonds is 3. The molecule has 3 aliphatic rings. The maximum absolute atomic E-state index is 12.5. The molecule has 2 atom stereocenters. The Balaban J connectivity index is 0.000000271. The van der Waals surface area contributed by atoms with Crippen LogP contribution >= 0.6 is 11.3 Å². The molecule has 0 aromatic carbocycles. The molecule has 0 bridgehead atoms. The minimum atomic E-state index is -0.779. The molecule has 4 rings (SSSR count). The van der Waals surface area contributed by atoms with Crippen LogP contribution in [0.3, 0.4) is 0 Å². The summed E-state index contributed by atoms with van der Waals surface area (Å²) in [5.41, 5.74) is 1.71. The zero-order valence-electron chi connectivity index (χ0n) is 16.8. The van der Waals surface area contributed by atoms with Crippen LogP contribution in [-0.4, -0.2) is 71.3 Å². The number of aliphatic carboxylic acids is 1. The van der Waals surface area contributed by atoms with Gasteiger partial charge in [-0.25, -0.2) is 0 Å². The van der Waals surface area contributed by atoms with Crippen LogP contribution in [0.2, 0.25) is 0 Å². The van der Waals surface area contributed by atoms with Gasteiger partial charge >= 0.3 is 5.97 Å². The molecule has 2 aliphatic heterocycles. The quantitative estimate of drug-likeness (QED) is 0.773. The molecule has 1 aromatic heterocycles. The third kappa shape index (κ3) is 4.27. The van der Waals surface area contributed by atoms with E-state index in [1.54, 1.807) is 16.6 Å². The lowest BCUT2D eigenvalue weighted by molar-refractivity contribution is -0.145. The van der Waals surface area contributed by atoms with Crippen LogP contribution in [0.1, 0.15) is 42.8 Å². The third-order valence-electron chi connectivity index (χ3n) is 6.61. The number of hydrogen-bond acceptors (Lipinski definition) is 6. The number of likely N-dealkylation sites (tertiary alicyclic amines) is 2. The molecule has 154 valence electrons. The van der Waals surface area contributed by atoms with E-state index in [0.29, 0.717) is 29.3 Å². The predicted octanol–water partition coefficient (Wildman–Crippen LogP) is 2.24. The largest absolute Gasteiger partial charge is 0.481 e. The van der Waals surface area contributed by atoms with Crippen molar-refractivity contribution < 1.29 is 19.5 Å². The average molecular weight is 408 g/mol. The van der Waals surface area contributed by atoms with Gasteiger partial charge in [-0.2, -0.15) is 0 Å². The molecule has 1 saturated carbocycles. The lowest BCUT2D eigenvalue weighted by atomic mass is 9.71. The first kappa shape index (κ1) is 20.9. The smallest absolute Gasteiger partial charge is 0.308 e. The van der Waals surface area contributed by atoms with E-state index in [4.69, 9.17) is 0 Å². The van der Waals surface area contributed by atoms with Crippen molar-refractivity contribution in [1.82, 2.24) is 14.8 Å². The Morgan fingerprint density at radius 3 is 2.39 bits per heavy atom. The first-order chi connectivity index (χ1) is 13.2. The van der Waals surface area contributed by atoms with Crippen molar-refractivity contribution in [3.63, 3.8) is 0 Å². The maximum Gasteiger partial charge on any atom is 0.308 e. The van der Waals surface area contributed by atoms with Crippen molar-refractivity contribution >= 4 is 29.5 Å². The van der Waals surface area contributed by atoms with Crippen molar-refractivity contribution in [1.29, 1.82) is 0 Å². The first-order valence-corrected chi connectivity index (χ1v) is 10.6. The SMILES string of the molecule is CC1(C)CC1C=O.CN1CCC2(CC1)CN(C(=O)c1cncs1)CC2C(=O)O. The van der Waals surface area contributed by atoms with Crippen LogP contribution in [0.4, 0.5) is 0 Å². The zero-order chi connectivity index (χ0) is 20.5. The highest BCUT2D eigenvalue weighted by atomic mass is 32.1. The average Bonchev–Trinajstić information content (AvgIpc) is 3.05. The zero-order valence-corrected chi connectivity index (χ0v) is 17.6. The van der Waals surface area contributed by atoms with Gasteiger partial charge in [0.2, 0.25) is 0 Å². The molecule has 1 N–H and O–H groups in total. The molecule has 0 radical (unpaired) electrons. The Morgan fingerprint density at radius 1 is 1.32 bits per heavy atom. The van der Waals surface area contributed by atoms with E-state index in [1.165, 1.54) is 11.3 Å². The lowest BCUT2D eigenvalue weighted by Crippen LogP contribution is -2.45. The molecule has 2 saturated heterocycles. The van der Waals surface area contributed by atoms with Crippen LogP contribution < -0.4 is 0 Å². The molecule has 8 heteroatoms. The molecule has 3 heterocycles. The van der Waals surface area contributed by atoms with E-state index in [9.17, 15) is 19.5 Å². The fourth-order valence-corrected chi connectivity index (χ4v) is 4.84. The number of amides is 1. The predicted molar refractivity (Wildman–Crippen MR) is 106 cm³/mol. The van der Waals surface area contributed by atoms with E-state index in [1.807, 2.05) is 0 Å². The summed E-state index contributed by atoms with van der Waals surface area (Å²) in [6.07, 6.45) is 5.39. The molecular weight excluding hydrogens is 378 g/mol.